The molecule has 5 nitrogen and oxygen atoms in total. The smallest absolute Gasteiger partial charge is 0.253 e. The van der Waals surface area contributed by atoms with Crippen molar-refractivity contribution < 1.29 is 4.74 Å². The van der Waals surface area contributed by atoms with Crippen molar-refractivity contribution in [1.82, 2.24) is 9.88 Å². The van der Waals surface area contributed by atoms with Crippen molar-refractivity contribution in [3.63, 3.8) is 0 Å². The van der Waals surface area contributed by atoms with Gasteiger partial charge in [-0.2, -0.15) is 0 Å². The van der Waals surface area contributed by atoms with Crippen LogP contribution in [-0.2, 0) is 19.5 Å². The maximum atomic E-state index is 13.0. The number of nitrogens with zero attached hydrogens (tertiary/aromatic N) is 1. The van der Waals surface area contributed by atoms with Gasteiger partial charge >= 0.3 is 0 Å². The minimum atomic E-state index is -0.0988. The van der Waals surface area contributed by atoms with Crippen LogP contribution >= 0.6 is 12.2 Å². The minimum Gasteiger partial charge on any atom is -0.497 e. The Labute approximate surface area is 205 Å². The van der Waals surface area contributed by atoms with Crippen molar-refractivity contribution >= 4 is 33.9 Å². The van der Waals surface area contributed by atoms with E-state index in [1.165, 1.54) is 5.56 Å². The number of nitrogens with one attached hydrogen (secondary N) is 2. The van der Waals surface area contributed by atoms with Crippen LogP contribution in [0.3, 0.4) is 0 Å². The van der Waals surface area contributed by atoms with Gasteiger partial charge in [-0.1, -0.05) is 55.5 Å². The predicted molar refractivity (Wildman–Crippen MR) is 144 cm³/mol. The van der Waals surface area contributed by atoms with E-state index in [1.807, 2.05) is 78.6 Å². The molecule has 0 radical (unpaired) electrons. The van der Waals surface area contributed by atoms with Crippen LogP contribution in [0.4, 0.5) is 5.69 Å². The van der Waals surface area contributed by atoms with E-state index in [0.717, 1.165) is 39.9 Å². The fourth-order valence-corrected chi connectivity index (χ4v) is 4.29. The zero-order valence-corrected chi connectivity index (χ0v) is 20.5. The third-order valence-electron chi connectivity index (χ3n) is 5.99. The van der Waals surface area contributed by atoms with Gasteiger partial charge in [0.15, 0.2) is 5.11 Å². The van der Waals surface area contributed by atoms with Crippen LogP contribution in [0.2, 0.25) is 0 Å². The highest BCUT2D eigenvalue weighted by atomic mass is 32.1. The van der Waals surface area contributed by atoms with Crippen LogP contribution in [0, 0.1) is 6.92 Å². The summed E-state index contributed by atoms with van der Waals surface area (Å²) in [6.45, 7) is 5.05. The van der Waals surface area contributed by atoms with Gasteiger partial charge in [-0.05, 0) is 71.9 Å². The Morgan fingerprint density at radius 2 is 1.76 bits per heavy atom. The quantitative estimate of drug-likeness (QED) is 0.333. The molecule has 0 atom stereocenters. The summed E-state index contributed by atoms with van der Waals surface area (Å²) in [4.78, 5) is 18.1. The summed E-state index contributed by atoms with van der Waals surface area (Å²) in [5.74, 6) is 0.800. The molecular formula is C28H29N3O2S. The largest absolute Gasteiger partial charge is 0.497 e. The van der Waals surface area contributed by atoms with E-state index in [9.17, 15) is 4.79 Å². The average molecular weight is 472 g/mol. The number of aromatic nitrogens is 1. The molecule has 0 aliphatic heterocycles. The molecule has 4 aromatic rings. The Kier molecular flexibility index (Phi) is 7.28. The molecule has 1 aromatic heterocycles. The highest BCUT2D eigenvalue weighted by Gasteiger charge is 2.16. The molecule has 0 aliphatic carbocycles. The molecule has 0 amide bonds. The number of aryl methyl sites for hydroxylation is 2. The molecule has 3 aromatic carbocycles. The molecular weight excluding hydrogens is 442 g/mol. The number of benzene rings is 3. The fourth-order valence-electron chi connectivity index (χ4n) is 4.05. The van der Waals surface area contributed by atoms with Gasteiger partial charge in [0.05, 0.1) is 19.2 Å². The van der Waals surface area contributed by atoms with Gasteiger partial charge in [-0.3, -0.25) is 4.79 Å². The number of fused-ring (bicyclic) bond motifs is 1. The van der Waals surface area contributed by atoms with E-state index in [2.05, 4.69) is 23.3 Å². The number of anilines is 1. The van der Waals surface area contributed by atoms with Gasteiger partial charge in [0.25, 0.3) is 5.56 Å². The van der Waals surface area contributed by atoms with E-state index >= 15 is 0 Å². The summed E-state index contributed by atoms with van der Waals surface area (Å²) in [7, 11) is 1.65. The lowest BCUT2D eigenvalue weighted by Gasteiger charge is -2.27. The van der Waals surface area contributed by atoms with E-state index in [-0.39, 0.29) is 5.56 Å². The zero-order valence-electron chi connectivity index (χ0n) is 19.7. The summed E-state index contributed by atoms with van der Waals surface area (Å²) < 4.78 is 5.29. The van der Waals surface area contributed by atoms with Gasteiger partial charge in [-0.25, -0.2) is 0 Å². The first kappa shape index (κ1) is 23.5. The zero-order chi connectivity index (χ0) is 24.1. The first-order chi connectivity index (χ1) is 16.5. The number of methoxy groups -OCH3 is 1. The Balaban J connectivity index is 1.66. The van der Waals surface area contributed by atoms with E-state index in [1.54, 1.807) is 7.11 Å². The number of hydrogen-bond donors (Lipinski definition) is 2. The van der Waals surface area contributed by atoms with Crippen LogP contribution in [0.5, 0.6) is 5.75 Å². The molecule has 0 saturated carbocycles. The average Bonchev–Trinajstić information content (AvgIpc) is 2.85. The fraction of sp³-hybridized carbons (Fsp3) is 0.214. The molecule has 1 heterocycles. The monoisotopic (exact) mass is 471 g/mol. The van der Waals surface area contributed by atoms with Crippen molar-refractivity contribution in [1.29, 1.82) is 0 Å². The maximum Gasteiger partial charge on any atom is 0.253 e. The number of para-hydroxylation sites is 2. The first-order valence-electron chi connectivity index (χ1n) is 11.4. The number of hydrogen-bond acceptors (Lipinski definition) is 3. The summed E-state index contributed by atoms with van der Waals surface area (Å²) >= 11 is 5.85. The van der Waals surface area contributed by atoms with E-state index in [0.29, 0.717) is 23.8 Å². The van der Waals surface area contributed by atoms with Gasteiger partial charge < -0.3 is 19.9 Å². The lowest BCUT2D eigenvalue weighted by Crippen LogP contribution is -2.35. The topological polar surface area (TPSA) is 57.4 Å². The summed E-state index contributed by atoms with van der Waals surface area (Å²) in [5, 5.41) is 4.99. The molecule has 4 rings (SSSR count). The third-order valence-corrected chi connectivity index (χ3v) is 6.35. The second-order valence-corrected chi connectivity index (χ2v) is 8.69. The number of pyridine rings is 1. The Morgan fingerprint density at radius 1 is 1.00 bits per heavy atom. The minimum absolute atomic E-state index is 0.0988. The van der Waals surface area contributed by atoms with Crippen molar-refractivity contribution in [2.45, 2.75) is 33.4 Å². The molecule has 0 saturated heterocycles. The Bertz CT molecular complexity index is 1360. The number of ether oxygens (including phenoxy) is 1. The molecule has 174 valence electrons. The molecule has 6 heteroatoms. The lowest BCUT2D eigenvalue weighted by molar-refractivity contribution is 0.406. The third kappa shape index (κ3) is 5.29. The van der Waals surface area contributed by atoms with Crippen molar-refractivity contribution in [3.05, 3.63) is 105 Å². The number of H-pyrrole nitrogens is 1. The first-order valence-corrected chi connectivity index (χ1v) is 11.8. The molecule has 34 heavy (non-hydrogen) atoms. The van der Waals surface area contributed by atoms with Gasteiger partial charge in [0, 0.05) is 17.8 Å². The van der Waals surface area contributed by atoms with Gasteiger partial charge in [0.1, 0.15) is 5.75 Å². The second-order valence-electron chi connectivity index (χ2n) is 8.31. The Morgan fingerprint density at radius 3 is 2.50 bits per heavy atom. The number of thiocarbonyl (C=S) groups is 1. The number of rotatable bonds is 7. The highest BCUT2D eigenvalue weighted by Crippen LogP contribution is 2.20. The number of aromatic amines is 1. The second kappa shape index (κ2) is 10.5. The van der Waals surface area contributed by atoms with Crippen LogP contribution in [0.15, 0.2) is 77.6 Å². The lowest BCUT2D eigenvalue weighted by atomic mass is 10.1. The maximum absolute atomic E-state index is 13.0. The summed E-state index contributed by atoms with van der Waals surface area (Å²) in [6, 6.07) is 24.0. The summed E-state index contributed by atoms with van der Waals surface area (Å²) in [5.41, 5.74) is 5.73. The van der Waals surface area contributed by atoms with Crippen LogP contribution < -0.4 is 15.6 Å². The molecule has 0 unspecified atom stereocenters. The predicted octanol–water partition coefficient (Wildman–Crippen LogP) is 5.81. The van der Waals surface area contributed by atoms with Crippen LogP contribution in [0.1, 0.15) is 29.2 Å². The molecule has 0 bridgehead atoms. The van der Waals surface area contributed by atoms with Gasteiger partial charge in [-0.15, -0.1) is 0 Å². The normalized spacial score (nSPS) is 10.8. The van der Waals surface area contributed by atoms with Crippen LogP contribution in [-0.4, -0.2) is 22.1 Å². The van der Waals surface area contributed by atoms with Gasteiger partial charge in [0.2, 0.25) is 0 Å². The summed E-state index contributed by atoms with van der Waals surface area (Å²) in [6.07, 6.45) is 0.897. The molecule has 0 fully saturated rings. The SMILES string of the molecule is CCc1ccccc1NC(=S)N(Cc1ccc(OC)cc1)Cc1cc2cccc(C)c2[nH]c1=O. The van der Waals surface area contributed by atoms with E-state index < -0.39 is 0 Å². The van der Waals surface area contributed by atoms with Crippen molar-refractivity contribution in [3.8, 4) is 5.75 Å². The molecule has 0 spiro atoms. The molecule has 0 aliphatic rings. The van der Waals surface area contributed by atoms with Crippen molar-refractivity contribution in [2.24, 2.45) is 0 Å². The highest BCUT2D eigenvalue weighted by molar-refractivity contribution is 7.80. The standard InChI is InChI=1S/C28H29N3O2S/c1-4-21-9-5-6-11-25(21)29-28(34)31(17-20-12-14-24(33-3)15-13-20)18-23-16-22-10-7-8-19(2)26(22)30-27(23)32/h5-16H,4,17-18H2,1-3H3,(H,29,34)(H,30,32). The van der Waals surface area contributed by atoms with Crippen LogP contribution in [0.25, 0.3) is 10.9 Å². The Hall–Kier alpha value is -3.64. The van der Waals surface area contributed by atoms with E-state index in [4.69, 9.17) is 17.0 Å². The van der Waals surface area contributed by atoms with Crippen molar-refractivity contribution in [2.75, 3.05) is 12.4 Å². The molecule has 2 N–H and O–H groups in total.